The van der Waals surface area contributed by atoms with Gasteiger partial charge in [-0.15, -0.1) is 0 Å². The summed E-state index contributed by atoms with van der Waals surface area (Å²) in [7, 11) is 2.64. The van der Waals surface area contributed by atoms with Crippen LogP contribution in [0.15, 0.2) is 24.3 Å². The maximum atomic E-state index is 14.1. The molecule has 0 bridgehead atoms. The Kier molecular flexibility index (Phi) is 3.97. The third-order valence-electron chi connectivity index (χ3n) is 2.70. The van der Waals surface area contributed by atoms with Crippen molar-refractivity contribution in [1.29, 1.82) is 0 Å². The molecule has 0 atom stereocenters. The molecule has 0 spiro atoms. The van der Waals surface area contributed by atoms with Gasteiger partial charge in [0, 0.05) is 12.6 Å². The fraction of sp³-hybridized carbons (Fsp3) is 0.231. The molecule has 112 valence electrons. The Labute approximate surface area is 117 Å². The molecule has 1 heterocycles. The van der Waals surface area contributed by atoms with E-state index < -0.39 is 17.7 Å². The summed E-state index contributed by atoms with van der Waals surface area (Å²) in [5, 5.41) is 2.42. The zero-order valence-electron chi connectivity index (χ0n) is 11.1. The molecule has 0 saturated heterocycles. The van der Waals surface area contributed by atoms with Crippen LogP contribution >= 0.6 is 0 Å². The molecule has 0 aliphatic carbocycles. The highest BCUT2D eigenvalue weighted by Gasteiger charge is 2.34. The van der Waals surface area contributed by atoms with Gasteiger partial charge in [0.05, 0.1) is 12.8 Å². The Balaban J connectivity index is 2.64. The number of anilines is 1. The Bertz CT molecular complexity index is 658. The van der Waals surface area contributed by atoms with E-state index in [0.717, 1.165) is 0 Å². The largest absolute Gasteiger partial charge is 0.494 e. The first kappa shape index (κ1) is 15.0. The highest BCUT2D eigenvalue weighted by atomic mass is 19.4. The van der Waals surface area contributed by atoms with Crippen molar-refractivity contribution in [3.05, 3.63) is 35.8 Å². The summed E-state index contributed by atoms with van der Waals surface area (Å²) < 4.78 is 57.4. The molecule has 1 aromatic carbocycles. The normalized spacial score (nSPS) is 11.3. The van der Waals surface area contributed by atoms with Gasteiger partial charge in [0.2, 0.25) is 5.95 Å². The topological polar surface area (TPSA) is 47.0 Å². The molecule has 0 saturated carbocycles. The van der Waals surface area contributed by atoms with Crippen LogP contribution in [0.25, 0.3) is 11.3 Å². The third kappa shape index (κ3) is 3.04. The minimum Gasteiger partial charge on any atom is -0.494 e. The molecule has 0 amide bonds. The van der Waals surface area contributed by atoms with Gasteiger partial charge in [-0.1, -0.05) is 6.07 Å². The first-order valence-corrected chi connectivity index (χ1v) is 5.83. The number of hydrogen-bond acceptors (Lipinski definition) is 4. The van der Waals surface area contributed by atoms with Crippen molar-refractivity contribution in [1.82, 2.24) is 9.97 Å². The van der Waals surface area contributed by atoms with E-state index in [4.69, 9.17) is 4.74 Å². The highest BCUT2D eigenvalue weighted by molar-refractivity contribution is 5.64. The van der Waals surface area contributed by atoms with Gasteiger partial charge in [0.15, 0.2) is 17.3 Å². The second kappa shape index (κ2) is 5.55. The van der Waals surface area contributed by atoms with Crippen molar-refractivity contribution in [3.8, 4) is 17.0 Å². The van der Waals surface area contributed by atoms with Crippen molar-refractivity contribution in [2.45, 2.75) is 6.18 Å². The number of ether oxygens (including phenoxy) is 1. The van der Waals surface area contributed by atoms with Crippen molar-refractivity contribution in [3.63, 3.8) is 0 Å². The van der Waals surface area contributed by atoms with Gasteiger partial charge in [-0.3, -0.25) is 0 Å². The van der Waals surface area contributed by atoms with E-state index in [2.05, 4.69) is 15.3 Å². The zero-order chi connectivity index (χ0) is 15.6. The molecule has 0 radical (unpaired) electrons. The number of aromatic nitrogens is 2. The van der Waals surface area contributed by atoms with Gasteiger partial charge in [0.25, 0.3) is 0 Å². The number of hydrogen-bond donors (Lipinski definition) is 1. The molecular weight excluding hydrogens is 290 g/mol. The Morgan fingerprint density at radius 3 is 2.48 bits per heavy atom. The molecule has 4 nitrogen and oxygen atoms in total. The van der Waals surface area contributed by atoms with Crippen molar-refractivity contribution in [2.75, 3.05) is 19.5 Å². The average molecular weight is 301 g/mol. The fourth-order valence-corrected chi connectivity index (χ4v) is 1.71. The standard InChI is InChI=1S/C13H11F4N3O/c1-18-12-19-8(6-10(20-12)13(15,16)17)7-4-3-5-9(21-2)11(7)14/h3-6H,1-2H3,(H,18,19,20). The lowest BCUT2D eigenvalue weighted by Gasteiger charge is -2.11. The second-order valence-corrected chi connectivity index (χ2v) is 4.03. The van der Waals surface area contributed by atoms with E-state index in [9.17, 15) is 17.6 Å². The SMILES string of the molecule is CNc1nc(-c2cccc(OC)c2F)cc(C(F)(F)F)n1. The van der Waals surface area contributed by atoms with Gasteiger partial charge in [-0.2, -0.15) is 13.2 Å². The molecule has 0 unspecified atom stereocenters. The van der Waals surface area contributed by atoms with Gasteiger partial charge in [-0.25, -0.2) is 14.4 Å². The summed E-state index contributed by atoms with van der Waals surface area (Å²) in [6.45, 7) is 0. The summed E-state index contributed by atoms with van der Waals surface area (Å²) in [6.07, 6.45) is -4.65. The number of halogens is 4. The molecule has 0 aliphatic rings. The van der Waals surface area contributed by atoms with Crippen LogP contribution in [-0.2, 0) is 6.18 Å². The maximum Gasteiger partial charge on any atom is 0.433 e. The lowest BCUT2D eigenvalue weighted by atomic mass is 10.1. The van der Waals surface area contributed by atoms with E-state index in [1.54, 1.807) is 0 Å². The minimum absolute atomic E-state index is 0.0781. The van der Waals surface area contributed by atoms with Gasteiger partial charge in [-0.05, 0) is 18.2 Å². The Morgan fingerprint density at radius 2 is 1.90 bits per heavy atom. The van der Waals surface area contributed by atoms with Crippen molar-refractivity contribution < 1.29 is 22.3 Å². The molecule has 2 aromatic rings. The lowest BCUT2D eigenvalue weighted by molar-refractivity contribution is -0.141. The molecule has 21 heavy (non-hydrogen) atoms. The predicted molar refractivity (Wildman–Crippen MR) is 68.5 cm³/mol. The Hall–Kier alpha value is -2.38. The highest BCUT2D eigenvalue weighted by Crippen LogP contribution is 2.33. The summed E-state index contributed by atoms with van der Waals surface area (Å²) in [4.78, 5) is 7.17. The van der Waals surface area contributed by atoms with Crippen molar-refractivity contribution >= 4 is 5.95 Å². The van der Waals surface area contributed by atoms with Gasteiger partial charge < -0.3 is 10.1 Å². The van der Waals surface area contributed by atoms with Gasteiger partial charge >= 0.3 is 6.18 Å². The minimum atomic E-state index is -4.65. The maximum absolute atomic E-state index is 14.1. The van der Waals surface area contributed by atoms with E-state index in [0.29, 0.717) is 6.07 Å². The number of nitrogens with one attached hydrogen (secondary N) is 1. The number of benzene rings is 1. The van der Waals surface area contributed by atoms with Crippen LogP contribution in [0.3, 0.4) is 0 Å². The van der Waals surface area contributed by atoms with Crippen LogP contribution in [0.4, 0.5) is 23.5 Å². The van der Waals surface area contributed by atoms with E-state index in [1.165, 1.54) is 32.4 Å². The summed E-state index contributed by atoms with van der Waals surface area (Å²) >= 11 is 0. The molecule has 1 N–H and O–H groups in total. The molecule has 8 heteroatoms. The monoisotopic (exact) mass is 301 g/mol. The number of alkyl halides is 3. The van der Waals surface area contributed by atoms with E-state index in [-0.39, 0.29) is 23.0 Å². The van der Waals surface area contributed by atoms with Crippen LogP contribution in [0.5, 0.6) is 5.75 Å². The van der Waals surface area contributed by atoms with Crippen LogP contribution in [-0.4, -0.2) is 24.1 Å². The number of nitrogens with zero attached hydrogens (tertiary/aromatic N) is 2. The summed E-state index contributed by atoms with van der Waals surface area (Å²) in [6, 6.07) is 4.84. The molecular formula is C13H11F4N3O. The second-order valence-electron chi connectivity index (χ2n) is 4.03. The first-order chi connectivity index (χ1) is 9.86. The van der Waals surface area contributed by atoms with Crippen LogP contribution in [0, 0.1) is 5.82 Å². The van der Waals surface area contributed by atoms with Gasteiger partial charge in [0.1, 0.15) is 0 Å². The van der Waals surface area contributed by atoms with Crippen LogP contribution in [0.2, 0.25) is 0 Å². The van der Waals surface area contributed by atoms with Crippen LogP contribution in [0.1, 0.15) is 5.69 Å². The molecule has 0 aliphatic heterocycles. The molecule has 2 rings (SSSR count). The Morgan fingerprint density at radius 1 is 1.19 bits per heavy atom. The smallest absolute Gasteiger partial charge is 0.433 e. The van der Waals surface area contributed by atoms with Crippen molar-refractivity contribution in [2.24, 2.45) is 0 Å². The zero-order valence-corrected chi connectivity index (χ0v) is 11.1. The number of rotatable bonds is 3. The van der Waals surface area contributed by atoms with E-state index >= 15 is 0 Å². The van der Waals surface area contributed by atoms with Crippen LogP contribution < -0.4 is 10.1 Å². The number of methoxy groups -OCH3 is 1. The molecule has 0 fully saturated rings. The lowest BCUT2D eigenvalue weighted by Crippen LogP contribution is -2.11. The molecule has 1 aromatic heterocycles. The third-order valence-corrected chi connectivity index (χ3v) is 2.70. The fourth-order valence-electron chi connectivity index (χ4n) is 1.71. The predicted octanol–water partition coefficient (Wildman–Crippen LogP) is 3.35. The summed E-state index contributed by atoms with van der Waals surface area (Å²) in [5.41, 5.74) is -1.43. The average Bonchev–Trinajstić information content (AvgIpc) is 2.46. The van der Waals surface area contributed by atoms with E-state index in [1.807, 2.05) is 0 Å². The summed E-state index contributed by atoms with van der Waals surface area (Å²) in [5.74, 6) is -1.11. The quantitative estimate of drug-likeness (QED) is 0.883. The first-order valence-electron chi connectivity index (χ1n) is 5.83.